The van der Waals surface area contributed by atoms with Gasteiger partial charge in [-0.1, -0.05) is 24.3 Å². The molecule has 4 rings (SSSR count). The fourth-order valence-electron chi connectivity index (χ4n) is 4.53. The number of hydrogen-bond donors (Lipinski definition) is 0. The largest absolute Gasteiger partial charge is 0.514 e. The van der Waals surface area contributed by atoms with E-state index >= 15 is 0 Å². The lowest BCUT2D eigenvalue weighted by Gasteiger charge is -2.30. The van der Waals surface area contributed by atoms with Gasteiger partial charge in [0.25, 0.3) is 5.69 Å². The molecule has 0 bridgehead atoms. The highest BCUT2D eigenvalue weighted by atomic mass is 32.1. The molecule has 1 aromatic heterocycles. The van der Waals surface area contributed by atoms with Crippen molar-refractivity contribution < 1.29 is 42.9 Å². The van der Waals surface area contributed by atoms with Gasteiger partial charge in [-0.2, -0.15) is 0 Å². The summed E-state index contributed by atoms with van der Waals surface area (Å²) >= 11 is 1.53. The molecule has 0 unspecified atom stereocenters. The zero-order valence-electron chi connectivity index (χ0n) is 24.9. The number of amides is 1. The molecule has 0 saturated carbocycles. The third kappa shape index (κ3) is 9.19. The molecular weight excluding hydrogens is 594 g/mol. The van der Waals surface area contributed by atoms with Gasteiger partial charge in [-0.05, 0) is 50.5 Å². The summed E-state index contributed by atoms with van der Waals surface area (Å²) in [6.07, 6.45) is -1.31. The van der Waals surface area contributed by atoms with Crippen LogP contribution in [0.2, 0.25) is 0 Å². The average molecular weight is 630 g/mol. The van der Waals surface area contributed by atoms with Gasteiger partial charge in [0.1, 0.15) is 24.2 Å². The molecule has 1 aliphatic rings. The summed E-state index contributed by atoms with van der Waals surface area (Å²) in [7, 11) is 1.55. The number of non-ortho nitro benzene ring substituents is 1. The monoisotopic (exact) mass is 629 g/mol. The number of likely N-dealkylation sites (tertiary alicyclic amines) is 1. The summed E-state index contributed by atoms with van der Waals surface area (Å²) in [5.41, 5.74) is 2.72. The number of ether oxygens (including phenoxy) is 6. The Labute approximate surface area is 258 Å². The molecule has 1 aliphatic heterocycles. The van der Waals surface area contributed by atoms with Gasteiger partial charge in [-0.3, -0.25) is 20.0 Å². The van der Waals surface area contributed by atoms with Gasteiger partial charge in [0.15, 0.2) is 6.10 Å². The minimum absolute atomic E-state index is 0.0539. The van der Waals surface area contributed by atoms with E-state index in [1.54, 1.807) is 39.6 Å². The van der Waals surface area contributed by atoms with Crippen molar-refractivity contribution in [3.05, 3.63) is 75.9 Å². The number of carbonyl (C=O) groups is 2. The van der Waals surface area contributed by atoms with E-state index in [9.17, 15) is 19.7 Å². The number of rotatable bonds is 12. The molecule has 1 saturated heterocycles. The van der Waals surface area contributed by atoms with Crippen molar-refractivity contribution in [1.82, 2.24) is 9.88 Å². The van der Waals surface area contributed by atoms with E-state index in [2.05, 4.69) is 4.98 Å². The number of methoxy groups -OCH3 is 1. The molecule has 0 N–H and O–H groups in total. The minimum atomic E-state index is -1.06. The third-order valence-corrected chi connectivity index (χ3v) is 7.37. The highest BCUT2D eigenvalue weighted by molar-refractivity contribution is 7.13. The first-order valence-electron chi connectivity index (χ1n) is 13.8. The molecule has 44 heavy (non-hydrogen) atoms. The van der Waals surface area contributed by atoms with E-state index in [0.29, 0.717) is 13.0 Å². The molecule has 0 radical (unpaired) electrons. The zero-order chi connectivity index (χ0) is 31.7. The molecule has 2 heterocycles. The molecule has 14 heteroatoms. The SMILES string of the molecule is COCCOCO[C@H]1CN(C(=O)OC(C)(C)C)[C@H](Cc2ccc(-c3cncs3)cc2)[C@@H]1OC(=O)Oc1ccc([N+](=O)[O-])cc1. The van der Waals surface area contributed by atoms with Crippen LogP contribution < -0.4 is 4.74 Å². The van der Waals surface area contributed by atoms with Crippen LogP contribution in [0.25, 0.3) is 10.4 Å². The van der Waals surface area contributed by atoms with Gasteiger partial charge in [0.05, 0.1) is 41.1 Å². The van der Waals surface area contributed by atoms with Gasteiger partial charge in [0.2, 0.25) is 0 Å². The number of nitro groups is 1. The highest BCUT2D eigenvalue weighted by Gasteiger charge is 2.49. The first-order valence-corrected chi connectivity index (χ1v) is 14.7. The maximum absolute atomic E-state index is 13.4. The second-order valence-electron chi connectivity index (χ2n) is 10.9. The van der Waals surface area contributed by atoms with Crippen molar-refractivity contribution in [3.8, 4) is 16.2 Å². The summed E-state index contributed by atoms with van der Waals surface area (Å²) in [6, 6.07) is 12.1. The van der Waals surface area contributed by atoms with Crippen LogP contribution >= 0.6 is 11.3 Å². The summed E-state index contributed by atoms with van der Waals surface area (Å²) < 4.78 is 33.3. The number of benzene rings is 2. The number of nitro benzene ring substituents is 1. The molecule has 3 atom stereocenters. The highest BCUT2D eigenvalue weighted by Crippen LogP contribution is 2.31. The fourth-order valence-corrected chi connectivity index (χ4v) is 5.16. The van der Waals surface area contributed by atoms with Crippen molar-refractivity contribution in [3.63, 3.8) is 0 Å². The zero-order valence-corrected chi connectivity index (χ0v) is 25.7. The summed E-state index contributed by atoms with van der Waals surface area (Å²) in [4.78, 5) is 43.5. The third-order valence-electron chi connectivity index (χ3n) is 6.54. The molecule has 0 spiro atoms. The molecule has 3 aromatic rings. The van der Waals surface area contributed by atoms with E-state index in [0.717, 1.165) is 16.0 Å². The van der Waals surface area contributed by atoms with E-state index < -0.39 is 41.0 Å². The lowest BCUT2D eigenvalue weighted by molar-refractivity contribution is -0.384. The lowest BCUT2D eigenvalue weighted by atomic mass is 9.99. The number of hydrogen-bond acceptors (Lipinski definition) is 12. The Morgan fingerprint density at radius 3 is 2.43 bits per heavy atom. The predicted octanol–water partition coefficient (Wildman–Crippen LogP) is 5.47. The Kier molecular flexibility index (Phi) is 11.2. The summed E-state index contributed by atoms with van der Waals surface area (Å²) in [6.45, 7) is 5.86. The van der Waals surface area contributed by atoms with Gasteiger partial charge in [-0.25, -0.2) is 9.59 Å². The predicted molar refractivity (Wildman–Crippen MR) is 160 cm³/mol. The first-order chi connectivity index (χ1) is 21.0. The molecule has 0 aliphatic carbocycles. The van der Waals surface area contributed by atoms with Crippen molar-refractivity contribution in [1.29, 1.82) is 0 Å². The quantitative estimate of drug-likeness (QED) is 0.0627. The Morgan fingerprint density at radius 2 is 1.82 bits per heavy atom. The van der Waals surface area contributed by atoms with Gasteiger partial charge in [0, 0.05) is 25.4 Å². The molecule has 1 fully saturated rings. The van der Waals surface area contributed by atoms with E-state index in [1.165, 1.54) is 40.5 Å². The summed E-state index contributed by atoms with van der Waals surface area (Å²) in [5.74, 6) is 0.0539. The van der Waals surface area contributed by atoms with Crippen molar-refractivity contribution in [2.24, 2.45) is 0 Å². The van der Waals surface area contributed by atoms with Crippen LogP contribution in [0.15, 0.2) is 60.2 Å². The lowest BCUT2D eigenvalue weighted by Crippen LogP contribution is -2.45. The Hall–Kier alpha value is -4.11. The van der Waals surface area contributed by atoms with Gasteiger partial charge >= 0.3 is 12.2 Å². The van der Waals surface area contributed by atoms with Crippen LogP contribution in [0.1, 0.15) is 26.3 Å². The smallest absolute Gasteiger partial charge is 0.444 e. The van der Waals surface area contributed by atoms with E-state index in [4.69, 9.17) is 28.4 Å². The Bertz CT molecular complexity index is 1380. The number of nitrogens with zero attached hydrogens (tertiary/aromatic N) is 3. The van der Waals surface area contributed by atoms with Gasteiger partial charge in [-0.15, -0.1) is 11.3 Å². The maximum atomic E-state index is 13.4. The van der Waals surface area contributed by atoms with Crippen LogP contribution in [-0.4, -0.2) is 84.6 Å². The Morgan fingerprint density at radius 1 is 1.09 bits per heavy atom. The minimum Gasteiger partial charge on any atom is -0.444 e. The van der Waals surface area contributed by atoms with Crippen molar-refractivity contribution in [2.45, 2.75) is 51.0 Å². The summed E-state index contributed by atoms with van der Waals surface area (Å²) in [5, 5.41) is 11.0. The molecular formula is C30H35N3O10S. The van der Waals surface area contributed by atoms with Crippen molar-refractivity contribution >= 4 is 29.3 Å². The van der Waals surface area contributed by atoms with Crippen LogP contribution in [0.3, 0.4) is 0 Å². The second-order valence-corrected chi connectivity index (χ2v) is 11.8. The van der Waals surface area contributed by atoms with Crippen LogP contribution in [0, 0.1) is 10.1 Å². The fraction of sp³-hybridized carbons (Fsp3) is 0.433. The number of aromatic nitrogens is 1. The van der Waals surface area contributed by atoms with Crippen LogP contribution in [0.5, 0.6) is 5.75 Å². The van der Waals surface area contributed by atoms with Crippen LogP contribution in [-0.2, 0) is 30.1 Å². The second kappa shape index (κ2) is 15.1. The molecule has 13 nitrogen and oxygen atoms in total. The molecule has 236 valence electrons. The number of carbonyl (C=O) groups excluding carboxylic acids is 2. The van der Waals surface area contributed by atoms with E-state index in [-0.39, 0.29) is 31.4 Å². The average Bonchev–Trinajstić information content (AvgIpc) is 3.62. The molecule has 1 amide bonds. The molecule has 2 aromatic carbocycles. The van der Waals surface area contributed by atoms with Crippen molar-refractivity contribution in [2.75, 3.05) is 33.7 Å². The van der Waals surface area contributed by atoms with E-state index in [1.807, 2.05) is 24.3 Å². The maximum Gasteiger partial charge on any atom is 0.514 e. The topological polar surface area (TPSA) is 149 Å². The number of thiazole rings is 1. The Balaban J connectivity index is 1.58. The van der Waals surface area contributed by atoms with Gasteiger partial charge < -0.3 is 28.4 Å². The standard InChI is InChI=1S/C30H35N3O10S/c1-30(2,3)43-28(34)32-17-25(40-19-39-14-13-38-4)27(42-29(35)41-23-11-9-22(10-12-23)33(36)37)24(32)15-20-5-7-21(8-6-20)26-16-31-18-44-26/h5-12,16,18,24-25,27H,13-15,17,19H2,1-4H3/t24-,25+,27+/m1/s1. The first kappa shape index (κ1) is 32.8. The normalized spacial score (nSPS) is 18.2. The van der Waals surface area contributed by atoms with Crippen LogP contribution in [0.4, 0.5) is 15.3 Å².